The number of hydrogen-bond donors (Lipinski definition) is 1. The number of hydrazone groups is 1. The summed E-state index contributed by atoms with van der Waals surface area (Å²) in [6.07, 6.45) is 0.410. The van der Waals surface area contributed by atoms with Gasteiger partial charge in [0.05, 0.1) is 12.0 Å². The Morgan fingerprint density at radius 2 is 1.95 bits per heavy atom. The Morgan fingerprint density at radius 1 is 1.37 bits per heavy atom. The first kappa shape index (κ1) is 15.5. The maximum atomic E-state index is 11.6. The summed E-state index contributed by atoms with van der Waals surface area (Å²) in [5, 5.41) is 3.94. The summed E-state index contributed by atoms with van der Waals surface area (Å²) < 4.78 is 10.0. The van der Waals surface area contributed by atoms with Crippen LogP contribution in [0.3, 0.4) is 0 Å². The fourth-order valence-electron chi connectivity index (χ4n) is 1.80. The third-order valence-corrected chi connectivity index (χ3v) is 2.66. The number of nitrogens with zero attached hydrogens (tertiary/aromatic N) is 1. The number of hydrogen-bond acceptors (Lipinski definition) is 5. The molecule has 0 atom stereocenters. The first-order chi connectivity index (χ1) is 8.66. The zero-order valence-electron chi connectivity index (χ0n) is 12.2. The van der Waals surface area contributed by atoms with Crippen LogP contribution in [-0.2, 0) is 14.3 Å². The quantitative estimate of drug-likeness (QED) is 0.630. The minimum absolute atomic E-state index is 0.216. The minimum atomic E-state index is -0.593. The molecule has 1 N–H and O–H groups in total. The second-order valence-corrected chi connectivity index (χ2v) is 5.93. The predicted octanol–water partition coefficient (Wildman–Crippen LogP) is 2.23. The van der Waals surface area contributed by atoms with Crippen LogP contribution in [-0.4, -0.2) is 30.0 Å². The summed E-state index contributed by atoms with van der Waals surface area (Å²) in [5.74, 6) is -0.216. The Morgan fingerprint density at radius 3 is 2.42 bits per heavy atom. The van der Waals surface area contributed by atoms with Crippen molar-refractivity contribution in [3.05, 3.63) is 0 Å². The van der Waals surface area contributed by atoms with E-state index in [-0.39, 0.29) is 5.97 Å². The van der Waals surface area contributed by atoms with Crippen LogP contribution in [0.15, 0.2) is 5.10 Å². The van der Waals surface area contributed by atoms with Crippen LogP contribution in [0.4, 0.5) is 4.79 Å². The van der Waals surface area contributed by atoms with Crippen molar-refractivity contribution in [3.8, 4) is 0 Å². The zero-order chi connectivity index (χ0) is 14.7. The van der Waals surface area contributed by atoms with Crippen LogP contribution < -0.4 is 5.43 Å². The van der Waals surface area contributed by atoms with Gasteiger partial charge in [0, 0.05) is 18.6 Å². The van der Waals surface area contributed by atoms with Crippen molar-refractivity contribution in [2.75, 3.05) is 6.61 Å². The standard InChI is InChI=1S/C13H22N2O4/c1-6-18-10(16)13(5)7-9(8-13)14-15-11(17)19-12(2,3)4/h6-8H2,1-5H3,(H,15,17). The van der Waals surface area contributed by atoms with Crippen LogP contribution in [0, 0.1) is 5.41 Å². The number of carbonyl (C=O) groups is 2. The van der Waals surface area contributed by atoms with E-state index in [1.807, 2.05) is 6.92 Å². The largest absolute Gasteiger partial charge is 0.466 e. The molecule has 1 aliphatic rings. The molecule has 0 unspecified atom stereocenters. The maximum Gasteiger partial charge on any atom is 0.428 e. The third kappa shape index (κ3) is 4.54. The lowest BCUT2D eigenvalue weighted by Gasteiger charge is -2.36. The summed E-state index contributed by atoms with van der Waals surface area (Å²) in [5.41, 5.74) is 2.03. The Labute approximate surface area is 113 Å². The normalized spacial score (nSPS) is 22.3. The Kier molecular flexibility index (Phi) is 4.55. The fourth-order valence-corrected chi connectivity index (χ4v) is 1.80. The number of ether oxygens (including phenoxy) is 2. The van der Waals surface area contributed by atoms with Gasteiger partial charge in [-0.2, -0.15) is 5.10 Å². The summed E-state index contributed by atoms with van der Waals surface area (Å²) >= 11 is 0. The van der Waals surface area contributed by atoms with Crippen molar-refractivity contribution < 1.29 is 19.1 Å². The summed E-state index contributed by atoms with van der Waals surface area (Å²) in [6, 6.07) is 0. The second kappa shape index (κ2) is 5.59. The summed E-state index contributed by atoms with van der Waals surface area (Å²) in [4.78, 5) is 23.0. The molecule has 0 aromatic heterocycles. The van der Waals surface area contributed by atoms with E-state index in [2.05, 4.69) is 10.5 Å². The van der Waals surface area contributed by atoms with Gasteiger partial charge in [-0.1, -0.05) is 0 Å². The monoisotopic (exact) mass is 270 g/mol. The van der Waals surface area contributed by atoms with Gasteiger partial charge < -0.3 is 9.47 Å². The molecule has 1 saturated carbocycles. The van der Waals surface area contributed by atoms with Gasteiger partial charge in [-0.25, -0.2) is 10.2 Å². The lowest BCUT2D eigenvalue weighted by atomic mass is 9.69. The highest BCUT2D eigenvalue weighted by atomic mass is 16.6. The first-order valence-electron chi connectivity index (χ1n) is 6.38. The molecule has 0 spiro atoms. The highest BCUT2D eigenvalue weighted by Gasteiger charge is 2.45. The molecule has 6 heteroatoms. The molecule has 0 aromatic carbocycles. The first-order valence-corrected chi connectivity index (χ1v) is 6.38. The van der Waals surface area contributed by atoms with Crippen LogP contribution >= 0.6 is 0 Å². The molecule has 6 nitrogen and oxygen atoms in total. The summed E-state index contributed by atoms with van der Waals surface area (Å²) in [6.45, 7) is 9.32. The molecular formula is C13H22N2O4. The van der Waals surface area contributed by atoms with Gasteiger partial charge >= 0.3 is 12.1 Å². The van der Waals surface area contributed by atoms with Crippen LogP contribution in [0.2, 0.25) is 0 Å². The third-order valence-electron chi connectivity index (χ3n) is 2.66. The molecule has 19 heavy (non-hydrogen) atoms. The van der Waals surface area contributed by atoms with E-state index in [1.165, 1.54) is 0 Å². The van der Waals surface area contributed by atoms with Crippen molar-refractivity contribution in [1.29, 1.82) is 0 Å². The SMILES string of the molecule is CCOC(=O)C1(C)CC(=NNC(=O)OC(C)(C)C)C1. The number of carbonyl (C=O) groups excluding carboxylic acids is 2. The highest BCUT2D eigenvalue weighted by Crippen LogP contribution is 2.39. The molecule has 1 amide bonds. The predicted molar refractivity (Wildman–Crippen MR) is 70.8 cm³/mol. The number of rotatable bonds is 3. The molecule has 0 aliphatic heterocycles. The van der Waals surface area contributed by atoms with Crippen LogP contribution in [0.1, 0.15) is 47.5 Å². The number of nitrogens with one attached hydrogen (secondary N) is 1. The number of esters is 1. The summed E-state index contributed by atoms with van der Waals surface area (Å²) in [7, 11) is 0. The lowest BCUT2D eigenvalue weighted by Crippen LogP contribution is -2.44. The molecule has 1 aliphatic carbocycles. The van der Waals surface area contributed by atoms with Crippen molar-refractivity contribution in [2.45, 2.75) is 53.1 Å². The Bertz CT molecular complexity index is 388. The van der Waals surface area contributed by atoms with E-state index < -0.39 is 17.1 Å². The van der Waals surface area contributed by atoms with E-state index in [0.717, 1.165) is 5.71 Å². The molecule has 0 heterocycles. The fraction of sp³-hybridized carbons (Fsp3) is 0.769. The average molecular weight is 270 g/mol. The van der Waals surface area contributed by atoms with E-state index >= 15 is 0 Å². The molecular weight excluding hydrogens is 248 g/mol. The highest BCUT2D eigenvalue weighted by molar-refractivity contribution is 6.00. The van der Waals surface area contributed by atoms with Gasteiger partial charge in [0.2, 0.25) is 0 Å². The van der Waals surface area contributed by atoms with E-state index in [1.54, 1.807) is 27.7 Å². The smallest absolute Gasteiger partial charge is 0.428 e. The minimum Gasteiger partial charge on any atom is -0.466 e. The Hall–Kier alpha value is -1.59. The van der Waals surface area contributed by atoms with E-state index in [0.29, 0.717) is 19.4 Å². The molecule has 0 saturated heterocycles. The molecule has 0 radical (unpaired) electrons. The van der Waals surface area contributed by atoms with Crippen LogP contribution in [0.5, 0.6) is 0 Å². The van der Waals surface area contributed by atoms with Crippen molar-refractivity contribution in [3.63, 3.8) is 0 Å². The topological polar surface area (TPSA) is 77.0 Å². The molecule has 1 fully saturated rings. The zero-order valence-corrected chi connectivity index (χ0v) is 12.2. The van der Waals surface area contributed by atoms with Gasteiger partial charge in [-0.3, -0.25) is 4.79 Å². The average Bonchev–Trinajstić information content (AvgIpc) is 2.20. The number of amides is 1. The van der Waals surface area contributed by atoms with Crippen molar-refractivity contribution >= 4 is 17.8 Å². The van der Waals surface area contributed by atoms with Crippen LogP contribution in [0.25, 0.3) is 0 Å². The van der Waals surface area contributed by atoms with Crippen molar-refractivity contribution in [2.24, 2.45) is 10.5 Å². The Balaban J connectivity index is 2.40. The van der Waals surface area contributed by atoms with Gasteiger partial charge in [0.15, 0.2) is 0 Å². The second-order valence-electron chi connectivity index (χ2n) is 5.93. The molecule has 0 bridgehead atoms. The molecule has 0 aromatic rings. The molecule has 1 rings (SSSR count). The maximum absolute atomic E-state index is 11.6. The van der Waals surface area contributed by atoms with E-state index in [4.69, 9.17) is 9.47 Å². The lowest BCUT2D eigenvalue weighted by molar-refractivity contribution is -0.155. The molecule has 108 valence electrons. The van der Waals surface area contributed by atoms with Gasteiger partial charge in [0.1, 0.15) is 5.60 Å². The van der Waals surface area contributed by atoms with Gasteiger partial charge in [0.25, 0.3) is 0 Å². The van der Waals surface area contributed by atoms with Gasteiger partial charge in [-0.05, 0) is 34.6 Å². The van der Waals surface area contributed by atoms with Gasteiger partial charge in [-0.15, -0.1) is 0 Å². The van der Waals surface area contributed by atoms with Crippen molar-refractivity contribution in [1.82, 2.24) is 5.43 Å². The van der Waals surface area contributed by atoms with E-state index in [9.17, 15) is 9.59 Å².